The summed E-state index contributed by atoms with van der Waals surface area (Å²) in [6, 6.07) is -0.585. The first-order valence-corrected chi connectivity index (χ1v) is 9.67. The Morgan fingerprint density at radius 1 is 1.33 bits per heavy atom. The molecule has 0 saturated carbocycles. The van der Waals surface area contributed by atoms with E-state index >= 15 is 0 Å². The highest BCUT2D eigenvalue weighted by Gasteiger charge is 2.52. The molecular formula is C21H31F2NO3. The fraction of sp³-hybridized carbons (Fsp3) is 0.714. The lowest BCUT2D eigenvalue weighted by Crippen LogP contribution is -2.36. The molecule has 6 heteroatoms. The number of halogens is 2. The van der Waals surface area contributed by atoms with Gasteiger partial charge in [-0.2, -0.15) is 8.78 Å². The smallest absolute Gasteiger partial charge is 0.327 e. The lowest BCUT2D eigenvalue weighted by atomic mass is 9.92. The van der Waals surface area contributed by atoms with Crippen LogP contribution in [0.1, 0.15) is 65.7 Å². The van der Waals surface area contributed by atoms with Crippen LogP contribution in [0.5, 0.6) is 0 Å². The van der Waals surface area contributed by atoms with Crippen LogP contribution in [0.25, 0.3) is 0 Å². The average Bonchev–Trinajstić information content (AvgIpc) is 2.82. The molecule has 1 saturated heterocycles. The summed E-state index contributed by atoms with van der Waals surface area (Å²) in [4.78, 5) is 23.8. The molecule has 0 aromatic heterocycles. The number of alkyl halides is 2. The van der Waals surface area contributed by atoms with Gasteiger partial charge in [0.1, 0.15) is 0 Å². The van der Waals surface area contributed by atoms with Gasteiger partial charge in [-0.05, 0) is 31.6 Å². The molecule has 27 heavy (non-hydrogen) atoms. The Bertz CT molecular complexity index is 592. The Labute approximate surface area is 161 Å². The molecule has 0 aliphatic carbocycles. The molecule has 0 aromatic rings. The zero-order chi connectivity index (χ0) is 20.4. The summed E-state index contributed by atoms with van der Waals surface area (Å²) in [6.45, 7) is 6.17. The van der Waals surface area contributed by atoms with Crippen LogP contribution in [0.4, 0.5) is 8.78 Å². The summed E-state index contributed by atoms with van der Waals surface area (Å²) in [7, 11) is 0. The summed E-state index contributed by atoms with van der Waals surface area (Å²) in [5, 5.41) is 8.61. The predicted octanol–water partition coefficient (Wildman–Crippen LogP) is 4.50. The summed E-state index contributed by atoms with van der Waals surface area (Å²) >= 11 is 0. The first-order chi connectivity index (χ1) is 12.7. The number of hydrogen-bond donors (Lipinski definition) is 1. The molecule has 0 spiro atoms. The third kappa shape index (κ3) is 7.70. The number of carbonyl (C=O) groups is 2. The van der Waals surface area contributed by atoms with Crippen molar-refractivity contribution >= 4 is 11.9 Å². The zero-order valence-electron chi connectivity index (χ0n) is 16.5. The highest BCUT2D eigenvalue weighted by atomic mass is 19.3. The summed E-state index contributed by atoms with van der Waals surface area (Å²) in [6.07, 6.45) is 6.66. The number of amides is 1. The molecule has 1 aliphatic rings. The SMILES string of the molecule is CC#CCC(C)C(C)/C=C/C1CC(F)(F)C(=O)N1CCCCCCC(=O)O. The molecule has 0 bridgehead atoms. The Morgan fingerprint density at radius 3 is 2.63 bits per heavy atom. The minimum absolute atomic E-state index is 0.116. The summed E-state index contributed by atoms with van der Waals surface area (Å²) < 4.78 is 27.8. The second-order valence-corrected chi connectivity index (χ2v) is 7.38. The van der Waals surface area contributed by atoms with E-state index in [1.165, 1.54) is 4.90 Å². The van der Waals surface area contributed by atoms with Crippen LogP contribution in [0.2, 0.25) is 0 Å². The van der Waals surface area contributed by atoms with Crippen LogP contribution < -0.4 is 0 Å². The summed E-state index contributed by atoms with van der Waals surface area (Å²) in [5.74, 6) is 1.16. The van der Waals surface area contributed by atoms with E-state index in [1.807, 2.05) is 13.0 Å². The average molecular weight is 383 g/mol. The lowest BCUT2D eigenvalue weighted by Gasteiger charge is -2.22. The molecule has 152 valence electrons. The van der Waals surface area contributed by atoms with Gasteiger partial charge >= 0.3 is 11.9 Å². The zero-order valence-corrected chi connectivity index (χ0v) is 16.5. The fourth-order valence-corrected chi connectivity index (χ4v) is 3.11. The maximum absolute atomic E-state index is 13.9. The standard InChI is InChI=1S/C21H31F2NO3/c1-4-5-10-16(2)17(3)12-13-18-15-21(22,23)20(27)24(18)14-9-7-6-8-11-19(25)26/h12-13,16-18H,6-11,14-15H2,1-3H3,(H,25,26)/b13-12+. The molecule has 0 aromatic carbocycles. The largest absolute Gasteiger partial charge is 0.481 e. The Hall–Kier alpha value is -1.90. The first-order valence-electron chi connectivity index (χ1n) is 9.67. The molecule has 1 fully saturated rings. The molecule has 3 atom stereocenters. The summed E-state index contributed by atoms with van der Waals surface area (Å²) in [5.41, 5.74) is 0. The Kier molecular flexibility index (Phi) is 9.48. The minimum Gasteiger partial charge on any atom is -0.481 e. The van der Waals surface area contributed by atoms with Gasteiger partial charge in [-0.3, -0.25) is 9.59 Å². The van der Waals surface area contributed by atoms with Gasteiger partial charge in [-0.1, -0.05) is 38.8 Å². The van der Waals surface area contributed by atoms with Crippen LogP contribution >= 0.6 is 0 Å². The lowest BCUT2D eigenvalue weighted by molar-refractivity contribution is -0.148. The second kappa shape index (κ2) is 11.1. The third-order valence-electron chi connectivity index (χ3n) is 5.11. The molecule has 1 aliphatic heterocycles. The van der Waals surface area contributed by atoms with Crippen LogP contribution in [0, 0.1) is 23.7 Å². The minimum atomic E-state index is -3.30. The number of likely N-dealkylation sites (tertiary alicyclic amines) is 1. The van der Waals surface area contributed by atoms with Gasteiger partial charge < -0.3 is 10.0 Å². The topological polar surface area (TPSA) is 57.6 Å². The normalized spacial score (nSPS) is 21.1. The van der Waals surface area contributed by atoms with Gasteiger partial charge in [0.05, 0.1) is 6.04 Å². The Balaban J connectivity index is 2.59. The van der Waals surface area contributed by atoms with Crippen molar-refractivity contribution in [1.29, 1.82) is 0 Å². The highest BCUT2D eigenvalue weighted by molar-refractivity contribution is 5.86. The first kappa shape index (κ1) is 23.1. The monoisotopic (exact) mass is 383 g/mol. The fourth-order valence-electron chi connectivity index (χ4n) is 3.11. The highest BCUT2D eigenvalue weighted by Crippen LogP contribution is 2.34. The Morgan fingerprint density at radius 2 is 2.00 bits per heavy atom. The van der Waals surface area contributed by atoms with Crippen molar-refractivity contribution in [2.24, 2.45) is 11.8 Å². The maximum Gasteiger partial charge on any atom is 0.327 e. The van der Waals surface area contributed by atoms with Crippen LogP contribution in [0.3, 0.4) is 0 Å². The van der Waals surface area contributed by atoms with E-state index < -0.39 is 30.3 Å². The molecule has 0 radical (unpaired) electrons. The number of carboxylic acid groups (broad SMARTS) is 1. The van der Waals surface area contributed by atoms with E-state index in [4.69, 9.17) is 5.11 Å². The van der Waals surface area contributed by atoms with Crippen molar-refractivity contribution in [3.05, 3.63) is 12.2 Å². The van der Waals surface area contributed by atoms with Crippen molar-refractivity contribution < 1.29 is 23.5 Å². The van der Waals surface area contributed by atoms with Crippen molar-refractivity contribution in [3.63, 3.8) is 0 Å². The number of carbonyl (C=O) groups excluding carboxylic acids is 1. The molecule has 4 nitrogen and oxygen atoms in total. The molecule has 1 amide bonds. The van der Waals surface area contributed by atoms with E-state index in [9.17, 15) is 18.4 Å². The van der Waals surface area contributed by atoms with Crippen LogP contribution in [0.15, 0.2) is 12.2 Å². The van der Waals surface area contributed by atoms with Crippen LogP contribution in [-0.2, 0) is 9.59 Å². The van der Waals surface area contributed by atoms with Gasteiger partial charge in [0.25, 0.3) is 5.91 Å². The number of allylic oxidation sites excluding steroid dienone is 1. The quantitative estimate of drug-likeness (QED) is 0.325. The van der Waals surface area contributed by atoms with Gasteiger partial charge in [-0.15, -0.1) is 11.8 Å². The van der Waals surface area contributed by atoms with Gasteiger partial charge in [0, 0.05) is 25.8 Å². The maximum atomic E-state index is 13.9. The van der Waals surface area contributed by atoms with E-state index in [-0.39, 0.29) is 18.9 Å². The van der Waals surface area contributed by atoms with Crippen molar-refractivity contribution in [2.75, 3.05) is 6.54 Å². The third-order valence-corrected chi connectivity index (χ3v) is 5.11. The van der Waals surface area contributed by atoms with E-state index in [1.54, 1.807) is 13.0 Å². The van der Waals surface area contributed by atoms with E-state index in [2.05, 4.69) is 18.8 Å². The van der Waals surface area contributed by atoms with Gasteiger partial charge in [-0.25, -0.2) is 0 Å². The number of hydrogen-bond acceptors (Lipinski definition) is 2. The molecular weight excluding hydrogens is 352 g/mol. The number of aliphatic carboxylic acids is 1. The predicted molar refractivity (Wildman–Crippen MR) is 101 cm³/mol. The number of rotatable bonds is 11. The number of nitrogens with zero attached hydrogens (tertiary/aromatic N) is 1. The molecule has 3 unspecified atom stereocenters. The number of unbranched alkanes of at least 4 members (excludes halogenated alkanes) is 3. The van der Waals surface area contributed by atoms with Crippen molar-refractivity contribution in [2.45, 2.75) is 77.7 Å². The van der Waals surface area contributed by atoms with E-state index in [0.29, 0.717) is 18.8 Å². The molecule has 1 N–H and O–H groups in total. The number of carboxylic acids is 1. The van der Waals surface area contributed by atoms with Crippen molar-refractivity contribution in [1.82, 2.24) is 4.90 Å². The molecule has 1 rings (SSSR count). The van der Waals surface area contributed by atoms with Crippen LogP contribution in [-0.4, -0.2) is 40.4 Å². The van der Waals surface area contributed by atoms with E-state index in [0.717, 1.165) is 19.3 Å². The van der Waals surface area contributed by atoms with Crippen molar-refractivity contribution in [3.8, 4) is 11.8 Å². The molecule has 1 heterocycles. The van der Waals surface area contributed by atoms with Gasteiger partial charge in [0.2, 0.25) is 0 Å². The second-order valence-electron chi connectivity index (χ2n) is 7.38. The van der Waals surface area contributed by atoms with Gasteiger partial charge in [0.15, 0.2) is 0 Å².